The van der Waals surface area contributed by atoms with Crippen molar-refractivity contribution in [2.75, 3.05) is 13.2 Å². The zero-order chi connectivity index (χ0) is 29.6. The van der Waals surface area contributed by atoms with Gasteiger partial charge in [0, 0.05) is 31.7 Å². The smallest absolute Gasteiger partial charge is 0.490 e. The van der Waals surface area contributed by atoms with Gasteiger partial charge in [0.05, 0.1) is 6.33 Å². The van der Waals surface area contributed by atoms with Gasteiger partial charge < -0.3 is 19.7 Å². The maximum atomic E-state index is 12.6. The molecular formula is C28H33F3N4O5S. The number of nitrogens with zero attached hydrogens (tertiary/aromatic N) is 2. The number of imidazole rings is 1. The molecule has 1 saturated carbocycles. The fourth-order valence-corrected chi connectivity index (χ4v) is 5.75. The van der Waals surface area contributed by atoms with E-state index in [2.05, 4.69) is 45.4 Å². The summed E-state index contributed by atoms with van der Waals surface area (Å²) in [6.45, 7) is 1.87. The Morgan fingerprint density at radius 1 is 1.15 bits per heavy atom. The minimum absolute atomic E-state index is 0.0264. The van der Waals surface area contributed by atoms with Gasteiger partial charge in [-0.25, -0.2) is 22.9 Å². The molecule has 2 atom stereocenters. The quantitative estimate of drug-likeness (QED) is 0.342. The van der Waals surface area contributed by atoms with E-state index in [0.29, 0.717) is 6.61 Å². The topological polar surface area (TPSA) is 123 Å². The Morgan fingerprint density at radius 3 is 2.44 bits per heavy atom. The molecule has 222 valence electrons. The molecule has 1 aromatic heterocycles. The first kappa shape index (κ1) is 30.5. The first-order chi connectivity index (χ1) is 19.4. The minimum atomic E-state index is -5.08. The Morgan fingerprint density at radius 2 is 1.85 bits per heavy atom. The van der Waals surface area contributed by atoms with E-state index in [4.69, 9.17) is 14.6 Å². The number of fused-ring (bicyclic) bond motifs is 1. The van der Waals surface area contributed by atoms with E-state index in [1.807, 2.05) is 18.2 Å². The zero-order valence-electron chi connectivity index (χ0n) is 22.5. The average Bonchev–Trinajstić information content (AvgIpc) is 3.35. The summed E-state index contributed by atoms with van der Waals surface area (Å²) in [5.41, 5.74) is 3.33. The Kier molecular flexibility index (Phi) is 9.72. The number of aromatic nitrogens is 2. The molecule has 1 aliphatic carbocycles. The molecule has 0 bridgehead atoms. The van der Waals surface area contributed by atoms with Gasteiger partial charge in [0.15, 0.2) is 5.03 Å². The van der Waals surface area contributed by atoms with E-state index in [1.165, 1.54) is 37.4 Å². The average molecular weight is 595 g/mol. The normalized spacial score (nSPS) is 18.8. The largest absolute Gasteiger partial charge is 0.492 e. The number of sulfonamides is 1. The van der Waals surface area contributed by atoms with E-state index in [9.17, 15) is 21.6 Å². The van der Waals surface area contributed by atoms with Crippen LogP contribution < -0.4 is 14.8 Å². The van der Waals surface area contributed by atoms with Crippen molar-refractivity contribution in [2.45, 2.75) is 55.4 Å². The van der Waals surface area contributed by atoms with Crippen LogP contribution in [0, 0.1) is 5.92 Å². The lowest BCUT2D eigenvalue weighted by molar-refractivity contribution is -0.192. The maximum absolute atomic E-state index is 12.6. The van der Waals surface area contributed by atoms with Gasteiger partial charge in [-0.15, -0.1) is 0 Å². The van der Waals surface area contributed by atoms with Crippen LogP contribution in [0.5, 0.6) is 5.75 Å². The number of benzene rings is 2. The number of halogens is 3. The molecule has 3 aromatic rings. The highest BCUT2D eigenvalue weighted by molar-refractivity contribution is 7.89. The lowest BCUT2D eigenvalue weighted by atomic mass is 9.81. The fraction of sp³-hybridized carbons (Fsp3) is 0.429. The number of carbonyl (C=O) groups is 1. The van der Waals surface area contributed by atoms with Crippen LogP contribution in [0.4, 0.5) is 13.2 Å². The SMILES string of the molecule is Cn1cnc(S(=O)(=O)NCc2ccc3c(c2)[C@H](Cc2ccccc2)[C@H](NCC2CCC2)CO3)c1.O=C(O)C(F)(F)F. The zero-order valence-corrected chi connectivity index (χ0v) is 23.3. The Labute approximate surface area is 236 Å². The Hall–Kier alpha value is -3.42. The molecule has 3 N–H and O–H groups in total. The summed E-state index contributed by atoms with van der Waals surface area (Å²) in [4.78, 5) is 12.9. The number of ether oxygens (including phenoxy) is 1. The fourth-order valence-electron chi connectivity index (χ4n) is 4.76. The minimum Gasteiger partial charge on any atom is -0.492 e. The van der Waals surface area contributed by atoms with Crippen LogP contribution in [0.3, 0.4) is 0 Å². The molecule has 2 heterocycles. The predicted molar refractivity (Wildman–Crippen MR) is 145 cm³/mol. The highest BCUT2D eigenvalue weighted by Gasteiger charge is 2.38. The van der Waals surface area contributed by atoms with E-state index < -0.39 is 22.2 Å². The number of rotatable bonds is 9. The van der Waals surface area contributed by atoms with Gasteiger partial charge in [-0.1, -0.05) is 48.9 Å². The molecule has 0 saturated heterocycles. The second-order valence-corrected chi connectivity index (χ2v) is 12.0. The molecule has 5 rings (SSSR count). The standard InChI is InChI=1S/C26H32N4O3S.C2HF3O2/c1-30-16-26(28-18-30)34(31,32)29-15-21-10-11-25-23(13-21)22(12-19-6-3-2-4-7-19)24(17-33-25)27-14-20-8-5-9-20;3-2(4,5)1(6)7/h2-4,6-7,10-11,13,16,18,20,22,24,27,29H,5,8-9,12,14-15,17H2,1H3;(H,6,7)/t22-,24+;/m0./s1. The van der Waals surface area contributed by atoms with Crippen LogP contribution in [0.1, 0.15) is 41.9 Å². The van der Waals surface area contributed by atoms with Gasteiger partial charge in [-0.2, -0.15) is 13.2 Å². The van der Waals surface area contributed by atoms with Crippen molar-refractivity contribution in [3.8, 4) is 5.75 Å². The molecule has 41 heavy (non-hydrogen) atoms. The number of aryl methyl sites for hydroxylation is 1. The lowest BCUT2D eigenvalue weighted by Gasteiger charge is -2.37. The summed E-state index contributed by atoms with van der Waals surface area (Å²) < 4.78 is 67.4. The summed E-state index contributed by atoms with van der Waals surface area (Å²) in [7, 11) is -1.92. The molecule has 9 nitrogen and oxygen atoms in total. The number of hydrogen-bond acceptors (Lipinski definition) is 6. The van der Waals surface area contributed by atoms with Crippen LogP contribution >= 0.6 is 0 Å². The van der Waals surface area contributed by atoms with Crippen LogP contribution in [0.25, 0.3) is 0 Å². The van der Waals surface area contributed by atoms with Crippen molar-refractivity contribution in [1.82, 2.24) is 19.6 Å². The van der Waals surface area contributed by atoms with Crippen LogP contribution in [-0.4, -0.2) is 54.4 Å². The molecule has 1 fully saturated rings. The van der Waals surface area contributed by atoms with Crippen LogP contribution in [0.15, 0.2) is 66.1 Å². The molecule has 2 aromatic carbocycles. The summed E-state index contributed by atoms with van der Waals surface area (Å²) in [5.74, 6) is -0.851. The van der Waals surface area contributed by atoms with Crippen molar-refractivity contribution < 1.29 is 36.2 Å². The summed E-state index contributed by atoms with van der Waals surface area (Å²) in [6.07, 6.45) is 2.75. The highest BCUT2D eigenvalue weighted by atomic mass is 32.2. The number of hydrogen-bond donors (Lipinski definition) is 3. The molecule has 2 aliphatic rings. The van der Waals surface area contributed by atoms with Gasteiger partial charge >= 0.3 is 12.1 Å². The van der Waals surface area contributed by atoms with E-state index in [0.717, 1.165) is 35.8 Å². The van der Waals surface area contributed by atoms with Crippen LogP contribution in [-0.2, 0) is 34.8 Å². The monoisotopic (exact) mass is 594 g/mol. The number of carboxylic acid groups (broad SMARTS) is 1. The molecule has 13 heteroatoms. The number of nitrogens with one attached hydrogen (secondary N) is 2. The Balaban J connectivity index is 0.000000493. The third-order valence-electron chi connectivity index (χ3n) is 7.23. The third-order valence-corrected chi connectivity index (χ3v) is 8.52. The van der Waals surface area contributed by atoms with Crippen molar-refractivity contribution in [2.24, 2.45) is 13.0 Å². The molecule has 0 spiro atoms. The maximum Gasteiger partial charge on any atom is 0.490 e. The lowest BCUT2D eigenvalue weighted by Crippen LogP contribution is -2.46. The molecule has 1 aliphatic heterocycles. The van der Waals surface area contributed by atoms with Gasteiger partial charge in [0.1, 0.15) is 12.4 Å². The van der Waals surface area contributed by atoms with Crippen molar-refractivity contribution in [3.63, 3.8) is 0 Å². The number of aliphatic carboxylic acids is 1. The molecule has 0 amide bonds. The molecule has 0 radical (unpaired) electrons. The second kappa shape index (κ2) is 13.0. The first-order valence-corrected chi connectivity index (χ1v) is 14.7. The summed E-state index contributed by atoms with van der Waals surface area (Å²) >= 11 is 0. The number of alkyl halides is 3. The van der Waals surface area contributed by atoms with Crippen molar-refractivity contribution in [3.05, 3.63) is 77.7 Å². The van der Waals surface area contributed by atoms with Gasteiger partial charge in [0.2, 0.25) is 0 Å². The van der Waals surface area contributed by atoms with E-state index in [1.54, 1.807) is 11.6 Å². The molecular weight excluding hydrogens is 561 g/mol. The third kappa shape index (κ3) is 8.30. The van der Waals surface area contributed by atoms with Gasteiger partial charge in [-0.05, 0) is 54.5 Å². The second-order valence-electron chi connectivity index (χ2n) is 10.3. The van der Waals surface area contributed by atoms with Gasteiger partial charge in [-0.3, -0.25) is 0 Å². The summed E-state index contributed by atoms with van der Waals surface area (Å²) in [6, 6.07) is 16.8. The van der Waals surface area contributed by atoms with Crippen molar-refractivity contribution >= 4 is 16.0 Å². The van der Waals surface area contributed by atoms with E-state index >= 15 is 0 Å². The predicted octanol–water partition coefficient (Wildman–Crippen LogP) is 4.01. The summed E-state index contributed by atoms with van der Waals surface area (Å²) in [5, 5.41) is 10.9. The Bertz CT molecular complexity index is 1430. The first-order valence-electron chi connectivity index (χ1n) is 13.2. The van der Waals surface area contributed by atoms with Crippen molar-refractivity contribution in [1.29, 1.82) is 0 Å². The van der Waals surface area contributed by atoms with Gasteiger partial charge in [0.25, 0.3) is 10.0 Å². The highest BCUT2D eigenvalue weighted by Crippen LogP contribution is 2.37. The van der Waals surface area contributed by atoms with Crippen LogP contribution in [0.2, 0.25) is 0 Å². The molecule has 0 unspecified atom stereocenters. The van der Waals surface area contributed by atoms with E-state index in [-0.39, 0.29) is 23.5 Å². The number of carboxylic acids is 1.